The van der Waals surface area contributed by atoms with Gasteiger partial charge in [0.25, 0.3) is 0 Å². The Bertz CT molecular complexity index is 621. The molecule has 6 nitrogen and oxygen atoms in total. The van der Waals surface area contributed by atoms with Crippen molar-refractivity contribution in [3.63, 3.8) is 0 Å². The smallest absolute Gasteiger partial charge is 0.151 e. The van der Waals surface area contributed by atoms with Crippen molar-refractivity contribution in [2.75, 3.05) is 18.8 Å². The van der Waals surface area contributed by atoms with E-state index in [0.717, 1.165) is 36.1 Å². The van der Waals surface area contributed by atoms with E-state index < -0.39 is 0 Å². The number of H-pyrrole nitrogens is 1. The minimum atomic E-state index is 0.185. The van der Waals surface area contributed by atoms with Crippen LogP contribution in [0.3, 0.4) is 0 Å². The van der Waals surface area contributed by atoms with Crippen LogP contribution in [0.4, 0.5) is 5.82 Å². The van der Waals surface area contributed by atoms with Gasteiger partial charge in [-0.2, -0.15) is 0 Å². The number of nitrogens with one attached hydrogen (secondary N) is 1. The number of hydrogen-bond acceptors (Lipinski definition) is 5. The number of carbonyl (C=O) groups excluding carboxylic acids is 1. The highest BCUT2D eigenvalue weighted by Crippen LogP contribution is 2.23. The molecule has 0 spiro atoms. The van der Waals surface area contributed by atoms with E-state index in [2.05, 4.69) is 26.8 Å². The molecule has 1 atom stereocenters. The highest BCUT2D eigenvalue weighted by Gasteiger charge is 2.29. The maximum atomic E-state index is 11.8. The molecule has 6 heteroatoms. The molecule has 0 radical (unpaired) electrons. The van der Waals surface area contributed by atoms with E-state index in [1.54, 1.807) is 0 Å². The molecule has 19 heavy (non-hydrogen) atoms. The van der Waals surface area contributed by atoms with Crippen LogP contribution in [0.1, 0.15) is 18.9 Å². The second-order valence-electron chi connectivity index (χ2n) is 5.04. The zero-order chi connectivity index (χ0) is 13.4. The zero-order valence-electron chi connectivity index (χ0n) is 10.9. The summed E-state index contributed by atoms with van der Waals surface area (Å²) in [7, 11) is 0. The van der Waals surface area contributed by atoms with Crippen molar-refractivity contribution in [1.82, 2.24) is 19.9 Å². The highest BCUT2D eigenvalue weighted by molar-refractivity contribution is 5.87. The number of aromatic nitrogens is 3. The minimum absolute atomic E-state index is 0.185. The quantitative estimate of drug-likeness (QED) is 0.856. The predicted molar refractivity (Wildman–Crippen MR) is 72.4 cm³/mol. The molecule has 1 aliphatic rings. The molecule has 0 bridgehead atoms. The van der Waals surface area contributed by atoms with Gasteiger partial charge >= 0.3 is 0 Å². The Balaban J connectivity index is 1.83. The Kier molecular flexibility index (Phi) is 2.94. The van der Waals surface area contributed by atoms with E-state index in [0.29, 0.717) is 18.1 Å². The molecule has 1 unspecified atom stereocenters. The molecular weight excluding hydrogens is 242 g/mol. The number of nitrogens with zero attached hydrogens (tertiary/aromatic N) is 3. The van der Waals surface area contributed by atoms with Gasteiger partial charge in [-0.05, 0) is 6.42 Å². The molecule has 100 valence electrons. The maximum Gasteiger partial charge on any atom is 0.151 e. The Hall–Kier alpha value is -1.95. The van der Waals surface area contributed by atoms with E-state index in [9.17, 15) is 4.79 Å². The molecule has 1 saturated heterocycles. The summed E-state index contributed by atoms with van der Waals surface area (Å²) in [6.07, 6.45) is 4.29. The van der Waals surface area contributed by atoms with Gasteiger partial charge in [0, 0.05) is 30.8 Å². The minimum Gasteiger partial charge on any atom is -0.382 e. The predicted octanol–water partition coefficient (Wildman–Crippen LogP) is 0.951. The lowest BCUT2D eigenvalue weighted by Gasteiger charge is -2.13. The summed E-state index contributed by atoms with van der Waals surface area (Å²) in [5.41, 5.74) is 8.48. The number of ketones is 1. The largest absolute Gasteiger partial charge is 0.382 e. The number of hydrogen-bond donors (Lipinski definition) is 2. The molecule has 3 heterocycles. The average Bonchev–Trinajstić information content (AvgIpc) is 2.95. The van der Waals surface area contributed by atoms with Crippen LogP contribution in [0.15, 0.2) is 12.5 Å². The summed E-state index contributed by atoms with van der Waals surface area (Å²) in [6, 6.07) is 0. The second kappa shape index (κ2) is 4.62. The molecule has 0 aliphatic carbocycles. The molecule has 3 N–H and O–H groups in total. The topological polar surface area (TPSA) is 87.9 Å². The van der Waals surface area contributed by atoms with Crippen LogP contribution in [-0.2, 0) is 11.3 Å². The van der Waals surface area contributed by atoms with E-state index in [1.165, 1.54) is 6.33 Å². The lowest BCUT2D eigenvalue weighted by Crippen LogP contribution is -2.20. The van der Waals surface area contributed by atoms with Crippen molar-refractivity contribution in [3.8, 4) is 0 Å². The summed E-state index contributed by atoms with van der Waals surface area (Å²) in [6.45, 7) is 4.15. The number of Topliss-reactive ketones (excluding diaryl/α,β-unsaturated/α-hetero) is 1. The number of fused-ring (bicyclic) bond motifs is 1. The maximum absolute atomic E-state index is 11.8. The van der Waals surface area contributed by atoms with Gasteiger partial charge in [-0.3, -0.25) is 9.69 Å². The number of likely N-dealkylation sites (tertiary alicyclic amines) is 1. The molecular formula is C13H17N5O. The molecule has 0 amide bonds. The summed E-state index contributed by atoms with van der Waals surface area (Å²) < 4.78 is 0. The van der Waals surface area contributed by atoms with Gasteiger partial charge in [0.2, 0.25) is 0 Å². The van der Waals surface area contributed by atoms with Crippen molar-refractivity contribution in [2.24, 2.45) is 5.92 Å². The number of aromatic amines is 1. The first-order valence-electron chi connectivity index (χ1n) is 6.50. The third kappa shape index (κ3) is 2.08. The summed E-state index contributed by atoms with van der Waals surface area (Å²) >= 11 is 0. The van der Waals surface area contributed by atoms with Gasteiger partial charge in [-0.1, -0.05) is 6.92 Å². The van der Waals surface area contributed by atoms with Crippen molar-refractivity contribution in [3.05, 3.63) is 18.1 Å². The van der Waals surface area contributed by atoms with E-state index in [1.807, 2.05) is 6.20 Å². The molecule has 2 aromatic heterocycles. The van der Waals surface area contributed by atoms with E-state index in [-0.39, 0.29) is 5.92 Å². The first kappa shape index (κ1) is 12.1. The number of nitrogens with two attached hydrogens (primary N) is 1. The Morgan fingerprint density at radius 3 is 3.11 bits per heavy atom. The average molecular weight is 259 g/mol. The molecule has 2 aromatic rings. The first-order chi connectivity index (χ1) is 9.19. The second-order valence-corrected chi connectivity index (χ2v) is 5.04. The lowest BCUT2D eigenvalue weighted by atomic mass is 10.1. The van der Waals surface area contributed by atoms with Gasteiger partial charge in [0.05, 0.1) is 12.1 Å². The normalized spacial score (nSPS) is 20.5. The number of rotatable bonds is 3. The van der Waals surface area contributed by atoms with Crippen LogP contribution in [0, 0.1) is 5.92 Å². The van der Waals surface area contributed by atoms with Crippen LogP contribution in [-0.4, -0.2) is 38.7 Å². The van der Waals surface area contributed by atoms with E-state index in [4.69, 9.17) is 5.73 Å². The fraction of sp³-hybridized carbons (Fsp3) is 0.462. The third-order valence-electron chi connectivity index (χ3n) is 3.77. The molecule has 0 aromatic carbocycles. The monoisotopic (exact) mass is 259 g/mol. The van der Waals surface area contributed by atoms with Crippen LogP contribution < -0.4 is 5.73 Å². The SMILES string of the molecule is CCC1CN(Cc2c[nH]c3c(N)ncnc23)CC1=O. The van der Waals surface area contributed by atoms with Gasteiger partial charge < -0.3 is 10.7 Å². The van der Waals surface area contributed by atoms with Crippen LogP contribution in [0.25, 0.3) is 11.0 Å². The van der Waals surface area contributed by atoms with Crippen molar-refractivity contribution in [1.29, 1.82) is 0 Å². The number of carbonyl (C=O) groups is 1. The van der Waals surface area contributed by atoms with Crippen LogP contribution in [0.2, 0.25) is 0 Å². The summed E-state index contributed by atoms with van der Waals surface area (Å²) in [5.74, 6) is 0.988. The van der Waals surface area contributed by atoms with Gasteiger partial charge in [-0.15, -0.1) is 0 Å². The van der Waals surface area contributed by atoms with Gasteiger partial charge in [-0.25, -0.2) is 9.97 Å². The van der Waals surface area contributed by atoms with Crippen molar-refractivity contribution in [2.45, 2.75) is 19.9 Å². The van der Waals surface area contributed by atoms with Gasteiger partial charge in [0.1, 0.15) is 11.8 Å². The van der Waals surface area contributed by atoms with Crippen LogP contribution in [0.5, 0.6) is 0 Å². The molecule has 0 saturated carbocycles. The zero-order valence-corrected chi connectivity index (χ0v) is 10.9. The lowest BCUT2D eigenvalue weighted by molar-refractivity contribution is -0.119. The molecule has 1 aliphatic heterocycles. The first-order valence-corrected chi connectivity index (χ1v) is 6.50. The van der Waals surface area contributed by atoms with Gasteiger partial charge in [0.15, 0.2) is 11.6 Å². The Morgan fingerprint density at radius 1 is 1.53 bits per heavy atom. The van der Waals surface area contributed by atoms with Crippen LogP contribution >= 0.6 is 0 Å². The summed E-state index contributed by atoms with van der Waals surface area (Å²) in [5, 5.41) is 0. The summed E-state index contributed by atoms with van der Waals surface area (Å²) in [4.78, 5) is 25.3. The molecule has 3 rings (SSSR count). The van der Waals surface area contributed by atoms with Crippen molar-refractivity contribution < 1.29 is 4.79 Å². The Morgan fingerprint density at radius 2 is 2.37 bits per heavy atom. The highest BCUT2D eigenvalue weighted by atomic mass is 16.1. The molecule has 1 fully saturated rings. The fourth-order valence-electron chi connectivity index (χ4n) is 2.68. The van der Waals surface area contributed by atoms with E-state index >= 15 is 0 Å². The third-order valence-corrected chi connectivity index (χ3v) is 3.77. The number of anilines is 1. The van der Waals surface area contributed by atoms with Crippen molar-refractivity contribution >= 4 is 22.6 Å². The standard InChI is InChI=1S/C13H17N5O/c1-2-8-4-18(6-10(8)19)5-9-3-15-12-11(9)16-7-17-13(12)14/h3,7-8,15H,2,4-6H2,1H3,(H2,14,16,17). The Labute approximate surface area is 111 Å². The fourth-order valence-corrected chi connectivity index (χ4v) is 2.68. The number of nitrogen functional groups attached to an aromatic ring is 1.